The largest absolute Gasteiger partial charge is 0.254 e. The molecule has 0 aliphatic carbocycles. The van der Waals surface area contributed by atoms with Crippen LogP contribution in [0.15, 0.2) is 158 Å². The van der Waals surface area contributed by atoms with Crippen LogP contribution < -0.4 is 0 Å². The smallest absolute Gasteiger partial charge is 0.0972 e. The zero-order valence-corrected chi connectivity index (χ0v) is 25.8. The molecule has 0 saturated heterocycles. The zero-order chi connectivity index (χ0) is 31.6. The first-order valence-corrected chi connectivity index (χ1v) is 16.1. The van der Waals surface area contributed by atoms with Gasteiger partial charge in [-0.05, 0) is 81.2 Å². The summed E-state index contributed by atoms with van der Waals surface area (Å²) in [6.45, 7) is 0. The minimum absolute atomic E-state index is 0.892. The fourth-order valence-corrected chi connectivity index (χ4v) is 7.04. The van der Waals surface area contributed by atoms with Gasteiger partial charge in [-0.1, -0.05) is 97.1 Å². The molecule has 6 aromatic carbocycles. The monoisotopic (exact) mass is 610 g/mol. The summed E-state index contributed by atoms with van der Waals surface area (Å²) in [6.07, 6.45) is 3.67. The average Bonchev–Trinajstić information content (AvgIpc) is 3.17. The normalized spacial score (nSPS) is 11.8. The second kappa shape index (κ2) is 10.5. The standard InChI is InChI=1S/C44H26N4/c1-2-8-37-27(5-1)9-10-28-11-16-33(26-38(28)37)34-23-35(39-19-17-31-14-12-29-6-3-21-45-41(29)43(31)47-39)25-36(24-34)40-20-18-32-15-13-30-7-4-22-46-42(30)44(32)48-40/h1-26H. The Morgan fingerprint density at radius 1 is 0.292 bits per heavy atom. The number of benzene rings is 6. The molecule has 0 spiro atoms. The van der Waals surface area contributed by atoms with Crippen molar-refractivity contribution in [3.8, 4) is 33.6 Å². The van der Waals surface area contributed by atoms with Gasteiger partial charge in [0.05, 0.1) is 33.5 Å². The Balaban J connectivity index is 1.22. The van der Waals surface area contributed by atoms with Crippen LogP contribution in [0.3, 0.4) is 0 Å². The van der Waals surface area contributed by atoms with Crippen molar-refractivity contribution in [2.75, 3.05) is 0 Å². The fraction of sp³-hybridized carbons (Fsp3) is 0. The Labute approximate surface area is 276 Å². The first-order valence-electron chi connectivity index (χ1n) is 16.1. The molecule has 0 amide bonds. The molecule has 0 fully saturated rings. The van der Waals surface area contributed by atoms with Crippen molar-refractivity contribution in [1.82, 2.24) is 19.9 Å². The molecule has 0 aliphatic heterocycles. The number of rotatable bonds is 3. The minimum Gasteiger partial charge on any atom is -0.254 e. The van der Waals surface area contributed by atoms with Crippen LogP contribution in [0.25, 0.3) is 98.8 Å². The lowest BCUT2D eigenvalue weighted by Crippen LogP contribution is -1.93. The SMILES string of the molecule is c1ccc2c(c1)ccc1ccc(-c3cc(-c4ccc5ccc6cccnc6c5n4)cc(-c4ccc5ccc6cccnc6c5n4)c3)cc12. The van der Waals surface area contributed by atoms with Gasteiger partial charge in [-0.3, -0.25) is 9.97 Å². The van der Waals surface area contributed by atoms with Crippen LogP contribution in [0, 0.1) is 0 Å². The zero-order valence-electron chi connectivity index (χ0n) is 25.8. The van der Waals surface area contributed by atoms with Crippen molar-refractivity contribution in [1.29, 1.82) is 0 Å². The first kappa shape index (κ1) is 26.7. The van der Waals surface area contributed by atoms with Crippen LogP contribution in [0.2, 0.25) is 0 Å². The molecule has 0 bridgehead atoms. The number of nitrogens with zero attached hydrogens (tertiary/aromatic N) is 4. The predicted octanol–water partition coefficient (Wildman–Crippen LogP) is 11.2. The summed E-state index contributed by atoms with van der Waals surface area (Å²) in [6, 6.07) is 51.5. The molecular formula is C44H26N4. The van der Waals surface area contributed by atoms with Gasteiger partial charge < -0.3 is 0 Å². The molecule has 4 heterocycles. The highest BCUT2D eigenvalue weighted by molar-refractivity contribution is 6.09. The molecular weight excluding hydrogens is 585 g/mol. The van der Waals surface area contributed by atoms with Gasteiger partial charge >= 0.3 is 0 Å². The Morgan fingerprint density at radius 2 is 0.750 bits per heavy atom. The van der Waals surface area contributed by atoms with Crippen molar-refractivity contribution < 1.29 is 0 Å². The quantitative estimate of drug-likeness (QED) is 0.187. The lowest BCUT2D eigenvalue weighted by atomic mass is 9.93. The highest BCUT2D eigenvalue weighted by Crippen LogP contribution is 2.36. The van der Waals surface area contributed by atoms with Gasteiger partial charge in [0.15, 0.2) is 0 Å². The molecule has 0 N–H and O–H groups in total. The molecule has 10 rings (SSSR count). The van der Waals surface area contributed by atoms with E-state index in [1.165, 1.54) is 21.5 Å². The summed E-state index contributed by atoms with van der Waals surface area (Å²) in [5.41, 5.74) is 9.69. The average molecular weight is 611 g/mol. The van der Waals surface area contributed by atoms with E-state index in [1.807, 2.05) is 24.5 Å². The third-order valence-corrected chi connectivity index (χ3v) is 9.47. The maximum Gasteiger partial charge on any atom is 0.0972 e. The van der Waals surface area contributed by atoms with Crippen molar-refractivity contribution in [2.45, 2.75) is 0 Å². The molecule has 10 aromatic rings. The van der Waals surface area contributed by atoms with Crippen LogP contribution in [-0.4, -0.2) is 19.9 Å². The number of hydrogen-bond donors (Lipinski definition) is 0. The van der Waals surface area contributed by atoms with E-state index in [-0.39, 0.29) is 0 Å². The lowest BCUT2D eigenvalue weighted by Gasteiger charge is -2.13. The molecule has 4 nitrogen and oxygen atoms in total. The molecule has 222 valence electrons. The van der Waals surface area contributed by atoms with Gasteiger partial charge in [-0.2, -0.15) is 0 Å². The number of aromatic nitrogens is 4. The third-order valence-electron chi connectivity index (χ3n) is 9.47. The van der Waals surface area contributed by atoms with Crippen molar-refractivity contribution in [3.05, 3.63) is 158 Å². The summed E-state index contributed by atoms with van der Waals surface area (Å²) in [5, 5.41) is 9.23. The highest BCUT2D eigenvalue weighted by Gasteiger charge is 2.14. The summed E-state index contributed by atoms with van der Waals surface area (Å²) in [5.74, 6) is 0. The van der Waals surface area contributed by atoms with E-state index in [2.05, 4.69) is 133 Å². The molecule has 0 saturated carbocycles. The molecule has 48 heavy (non-hydrogen) atoms. The molecule has 4 heteroatoms. The Kier molecular flexibility index (Phi) is 5.84. The van der Waals surface area contributed by atoms with E-state index in [1.54, 1.807) is 0 Å². The topological polar surface area (TPSA) is 51.6 Å². The molecule has 0 atom stereocenters. The molecule has 0 aliphatic rings. The summed E-state index contributed by atoms with van der Waals surface area (Å²) in [4.78, 5) is 19.9. The summed E-state index contributed by atoms with van der Waals surface area (Å²) < 4.78 is 0. The van der Waals surface area contributed by atoms with Gasteiger partial charge in [-0.15, -0.1) is 0 Å². The Hall–Kier alpha value is -6.52. The van der Waals surface area contributed by atoms with Gasteiger partial charge in [-0.25, -0.2) is 9.97 Å². The van der Waals surface area contributed by atoms with Crippen molar-refractivity contribution in [2.24, 2.45) is 0 Å². The number of pyridine rings is 4. The van der Waals surface area contributed by atoms with Gasteiger partial charge in [0.25, 0.3) is 0 Å². The molecule has 0 radical (unpaired) electrons. The van der Waals surface area contributed by atoms with Gasteiger partial charge in [0.1, 0.15) is 0 Å². The summed E-state index contributed by atoms with van der Waals surface area (Å²) in [7, 11) is 0. The van der Waals surface area contributed by atoms with Crippen LogP contribution in [0.4, 0.5) is 0 Å². The Bertz CT molecular complexity index is 2580. The van der Waals surface area contributed by atoms with Crippen molar-refractivity contribution >= 4 is 65.2 Å². The van der Waals surface area contributed by atoms with E-state index in [0.29, 0.717) is 0 Å². The van der Waals surface area contributed by atoms with E-state index in [9.17, 15) is 0 Å². The van der Waals surface area contributed by atoms with E-state index < -0.39 is 0 Å². The minimum atomic E-state index is 0.892. The van der Waals surface area contributed by atoms with E-state index in [0.717, 1.165) is 77.3 Å². The van der Waals surface area contributed by atoms with E-state index >= 15 is 0 Å². The Morgan fingerprint density at radius 3 is 1.38 bits per heavy atom. The van der Waals surface area contributed by atoms with E-state index in [4.69, 9.17) is 19.9 Å². The third kappa shape index (κ3) is 4.31. The molecule has 0 unspecified atom stereocenters. The summed E-state index contributed by atoms with van der Waals surface area (Å²) >= 11 is 0. The van der Waals surface area contributed by atoms with Crippen molar-refractivity contribution in [3.63, 3.8) is 0 Å². The highest BCUT2D eigenvalue weighted by atomic mass is 14.8. The number of fused-ring (bicyclic) bond motifs is 9. The molecule has 4 aromatic heterocycles. The second-order valence-electron chi connectivity index (χ2n) is 12.3. The van der Waals surface area contributed by atoms with Crippen LogP contribution in [0.1, 0.15) is 0 Å². The lowest BCUT2D eigenvalue weighted by molar-refractivity contribution is 1.36. The van der Waals surface area contributed by atoms with Crippen LogP contribution >= 0.6 is 0 Å². The maximum atomic E-state index is 5.23. The van der Waals surface area contributed by atoms with Gasteiger partial charge in [0, 0.05) is 45.1 Å². The maximum absolute atomic E-state index is 5.23. The van der Waals surface area contributed by atoms with Gasteiger partial charge in [0.2, 0.25) is 0 Å². The fourth-order valence-electron chi connectivity index (χ4n) is 7.04. The van der Waals surface area contributed by atoms with Crippen LogP contribution in [0.5, 0.6) is 0 Å². The van der Waals surface area contributed by atoms with Crippen LogP contribution in [-0.2, 0) is 0 Å². The second-order valence-corrected chi connectivity index (χ2v) is 12.3. The predicted molar refractivity (Wildman–Crippen MR) is 199 cm³/mol. The number of hydrogen-bond acceptors (Lipinski definition) is 4. The first-order chi connectivity index (χ1) is 23.7.